The fraction of sp³-hybridized carbons (Fsp3) is 0.600. The molecule has 3 N–H and O–H groups in total. The van der Waals surface area contributed by atoms with E-state index in [1.807, 2.05) is 6.07 Å². The number of ether oxygens (including phenoxy) is 1. The molecule has 3 aliphatic heterocycles. The Bertz CT molecular complexity index is 1070. The van der Waals surface area contributed by atoms with Gasteiger partial charge in [0.1, 0.15) is 0 Å². The number of benzene rings is 1. The predicted octanol–water partition coefficient (Wildman–Crippen LogP) is 3.42. The van der Waals surface area contributed by atoms with Crippen molar-refractivity contribution in [2.45, 2.75) is 68.9 Å². The summed E-state index contributed by atoms with van der Waals surface area (Å²) in [5.41, 5.74) is 3.65. The summed E-state index contributed by atoms with van der Waals surface area (Å²) in [6.45, 7) is 4.07. The number of nitrogens with one attached hydrogen (secondary N) is 3. The van der Waals surface area contributed by atoms with Crippen molar-refractivity contribution in [1.82, 2.24) is 15.5 Å². The Labute approximate surface area is 215 Å². The number of piperidine rings is 1. The van der Waals surface area contributed by atoms with Gasteiger partial charge in [0.15, 0.2) is 0 Å². The van der Waals surface area contributed by atoms with Crippen molar-refractivity contribution in [3.05, 3.63) is 59.3 Å². The molecule has 0 bridgehead atoms. The zero-order chi connectivity index (χ0) is 24.5. The Morgan fingerprint density at radius 2 is 1.83 bits per heavy atom. The third-order valence-electron chi connectivity index (χ3n) is 9.65. The average molecular weight is 490 g/mol. The largest absolute Gasteiger partial charge is 0.448 e. The first kappa shape index (κ1) is 23.9. The lowest BCUT2D eigenvalue weighted by Crippen LogP contribution is -2.58. The SMILES string of the molecule is COc1ccc2c([nH+]1)CNC[C@]21CNC[C@H]1C(=O)N1CC[C@@H](c2ccccc2)C[C@H]1C1CCCCC1. The van der Waals surface area contributed by atoms with Gasteiger partial charge in [0.25, 0.3) is 0 Å². The highest BCUT2D eigenvalue weighted by molar-refractivity contribution is 5.82. The number of hydrogen-bond acceptors (Lipinski definition) is 4. The van der Waals surface area contributed by atoms with E-state index >= 15 is 0 Å². The van der Waals surface area contributed by atoms with Crippen molar-refractivity contribution < 1.29 is 14.5 Å². The molecular formula is C30H41N4O2+. The second kappa shape index (κ2) is 10.1. The van der Waals surface area contributed by atoms with E-state index in [0.29, 0.717) is 23.8 Å². The summed E-state index contributed by atoms with van der Waals surface area (Å²) in [5, 5.41) is 7.24. The van der Waals surface area contributed by atoms with Gasteiger partial charge in [0.2, 0.25) is 11.6 Å². The van der Waals surface area contributed by atoms with Crippen molar-refractivity contribution in [2.24, 2.45) is 11.8 Å². The van der Waals surface area contributed by atoms with Gasteiger partial charge in [0, 0.05) is 43.2 Å². The molecule has 2 aromatic rings. The lowest BCUT2D eigenvalue weighted by atomic mass is 9.68. The van der Waals surface area contributed by atoms with E-state index < -0.39 is 0 Å². The van der Waals surface area contributed by atoms with E-state index in [2.05, 4.69) is 56.9 Å². The van der Waals surface area contributed by atoms with Crippen molar-refractivity contribution in [1.29, 1.82) is 0 Å². The van der Waals surface area contributed by atoms with Gasteiger partial charge in [-0.2, -0.15) is 4.98 Å². The molecule has 6 nitrogen and oxygen atoms in total. The highest BCUT2D eigenvalue weighted by Gasteiger charge is 2.54. The third kappa shape index (κ3) is 4.22. The summed E-state index contributed by atoms with van der Waals surface area (Å²) in [6, 6.07) is 15.6. The van der Waals surface area contributed by atoms with Gasteiger partial charge < -0.3 is 20.3 Å². The number of nitrogens with zero attached hydrogens (tertiary/aromatic N) is 1. The quantitative estimate of drug-likeness (QED) is 0.691. The molecule has 192 valence electrons. The number of H-pyrrole nitrogens is 1. The Kier molecular flexibility index (Phi) is 6.74. The van der Waals surface area contributed by atoms with Gasteiger partial charge in [-0.25, -0.2) is 0 Å². The Morgan fingerprint density at radius 3 is 2.64 bits per heavy atom. The van der Waals surface area contributed by atoms with Crippen LogP contribution in [0.3, 0.4) is 0 Å². The van der Waals surface area contributed by atoms with Crippen LogP contribution in [0.1, 0.15) is 67.7 Å². The van der Waals surface area contributed by atoms with Gasteiger partial charge in [-0.1, -0.05) is 49.6 Å². The zero-order valence-corrected chi connectivity index (χ0v) is 21.6. The van der Waals surface area contributed by atoms with Gasteiger partial charge >= 0.3 is 5.88 Å². The van der Waals surface area contributed by atoms with E-state index in [9.17, 15) is 4.79 Å². The van der Waals surface area contributed by atoms with Crippen molar-refractivity contribution in [3.8, 4) is 5.88 Å². The van der Waals surface area contributed by atoms with Crippen LogP contribution >= 0.6 is 0 Å². The minimum atomic E-state index is -0.221. The molecule has 2 saturated heterocycles. The predicted molar refractivity (Wildman–Crippen MR) is 140 cm³/mol. The van der Waals surface area contributed by atoms with Crippen LogP contribution in [0.2, 0.25) is 0 Å². The van der Waals surface area contributed by atoms with Crippen LogP contribution in [0.5, 0.6) is 5.88 Å². The Morgan fingerprint density at radius 1 is 1.03 bits per heavy atom. The molecule has 4 aliphatic rings. The standard InChI is InChI=1S/C30H40N4O2/c1-36-28-13-12-24-26(33-28)18-32-20-30(24)19-31-17-25(30)29(35)34-15-14-23(21-8-4-2-5-9-21)16-27(34)22-10-6-3-7-11-22/h2,4-5,8-9,12-13,22-23,25,27,31-32H,3,6-7,10-11,14-20H2,1H3/p+1/t23-,25+,27+,30-/m1/s1. The first-order valence-electron chi connectivity index (χ1n) is 14.1. The van der Waals surface area contributed by atoms with E-state index in [1.165, 1.54) is 43.2 Å². The van der Waals surface area contributed by atoms with E-state index in [0.717, 1.165) is 57.1 Å². The smallest absolute Gasteiger partial charge is 0.366 e. The number of methoxy groups -OCH3 is 1. The van der Waals surface area contributed by atoms with Crippen LogP contribution in [0, 0.1) is 11.8 Å². The number of likely N-dealkylation sites (tertiary alicyclic amines) is 1. The zero-order valence-electron chi connectivity index (χ0n) is 21.6. The molecule has 6 rings (SSSR count). The summed E-state index contributed by atoms with van der Waals surface area (Å²) in [5.74, 6) is 2.27. The van der Waals surface area contributed by atoms with Crippen molar-refractivity contribution in [3.63, 3.8) is 0 Å². The topological polar surface area (TPSA) is 67.7 Å². The number of fused-ring (bicyclic) bond motifs is 2. The fourth-order valence-corrected chi connectivity index (χ4v) is 7.76. The number of rotatable bonds is 4. The van der Waals surface area contributed by atoms with E-state index in [-0.39, 0.29) is 11.3 Å². The lowest BCUT2D eigenvalue weighted by Gasteiger charge is -2.47. The second-order valence-corrected chi connectivity index (χ2v) is 11.5. The number of aromatic amines is 1. The molecule has 0 radical (unpaired) electrons. The number of carbonyl (C=O) groups excluding carboxylic acids is 1. The second-order valence-electron chi connectivity index (χ2n) is 11.5. The van der Waals surface area contributed by atoms with Gasteiger partial charge in [0.05, 0.1) is 25.6 Å². The lowest BCUT2D eigenvalue weighted by molar-refractivity contribution is -0.407. The molecule has 1 aromatic heterocycles. The highest BCUT2D eigenvalue weighted by Crippen LogP contribution is 2.44. The molecule has 6 heteroatoms. The molecular weight excluding hydrogens is 448 g/mol. The summed E-state index contributed by atoms with van der Waals surface area (Å²) in [7, 11) is 1.69. The number of aromatic nitrogens is 1. The molecule has 36 heavy (non-hydrogen) atoms. The van der Waals surface area contributed by atoms with Crippen LogP contribution in [0.25, 0.3) is 0 Å². The van der Waals surface area contributed by atoms with Crippen LogP contribution in [0.4, 0.5) is 0 Å². The normalized spacial score (nSPS) is 30.8. The van der Waals surface area contributed by atoms with Gasteiger partial charge in [-0.3, -0.25) is 4.79 Å². The third-order valence-corrected chi connectivity index (χ3v) is 9.65. The van der Waals surface area contributed by atoms with Crippen LogP contribution in [-0.4, -0.2) is 50.1 Å². The first-order valence-corrected chi connectivity index (χ1v) is 14.1. The number of carbonyl (C=O) groups is 1. The maximum absolute atomic E-state index is 14.5. The fourth-order valence-electron chi connectivity index (χ4n) is 7.76. The maximum atomic E-state index is 14.5. The van der Waals surface area contributed by atoms with E-state index in [4.69, 9.17) is 4.74 Å². The molecule has 3 fully saturated rings. The van der Waals surface area contributed by atoms with Gasteiger partial charge in [-0.05, 0) is 49.1 Å². The molecule has 4 atom stereocenters. The first-order chi connectivity index (χ1) is 17.7. The van der Waals surface area contributed by atoms with Crippen LogP contribution < -0.4 is 20.4 Å². The minimum absolute atomic E-state index is 0.0507. The molecule has 1 aliphatic carbocycles. The van der Waals surface area contributed by atoms with Crippen LogP contribution in [-0.2, 0) is 16.8 Å². The highest BCUT2D eigenvalue weighted by atomic mass is 16.5. The summed E-state index contributed by atoms with van der Waals surface area (Å²) >= 11 is 0. The molecule has 1 amide bonds. The maximum Gasteiger partial charge on any atom is 0.366 e. The molecule has 1 aromatic carbocycles. The van der Waals surface area contributed by atoms with Gasteiger partial charge in [-0.15, -0.1) is 0 Å². The number of amides is 1. The van der Waals surface area contributed by atoms with E-state index in [1.54, 1.807) is 7.11 Å². The molecule has 1 saturated carbocycles. The molecule has 0 unspecified atom stereocenters. The summed E-state index contributed by atoms with van der Waals surface area (Å²) in [4.78, 5) is 20.3. The monoisotopic (exact) mass is 489 g/mol. The number of pyridine rings is 1. The van der Waals surface area contributed by atoms with Crippen molar-refractivity contribution >= 4 is 5.91 Å². The summed E-state index contributed by atoms with van der Waals surface area (Å²) in [6.07, 6.45) is 8.66. The number of hydrogen-bond donors (Lipinski definition) is 2. The van der Waals surface area contributed by atoms with Crippen LogP contribution in [0.15, 0.2) is 42.5 Å². The molecule has 4 heterocycles. The minimum Gasteiger partial charge on any atom is -0.448 e. The van der Waals surface area contributed by atoms with Crippen molar-refractivity contribution in [2.75, 3.05) is 33.3 Å². The average Bonchev–Trinajstić information content (AvgIpc) is 3.37. The molecule has 1 spiro atoms. The Balaban J connectivity index is 1.30. The summed E-state index contributed by atoms with van der Waals surface area (Å²) < 4.78 is 5.45. The Hall–Kier alpha value is -2.44.